The fraction of sp³-hybridized carbons (Fsp3) is 0.846. The molecule has 1 aromatic rings. The van der Waals surface area contributed by atoms with Gasteiger partial charge >= 0.3 is 0 Å². The van der Waals surface area contributed by atoms with Crippen LogP contribution < -0.4 is 4.90 Å². The van der Waals surface area contributed by atoms with Crippen LogP contribution in [-0.4, -0.2) is 35.7 Å². The topological polar surface area (TPSA) is 38.2 Å². The highest BCUT2D eigenvalue weighted by Gasteiger charge is 2.37. The Morgan fingerprint density at radius 2 is 2.22 bits per heavy atom. The van der Waals surface area contributed by atoms with Gasteiger partial charge in [-0.25, -0.2) is 4.98 Å². The SMILES string of the molecule is COCCc1nsc(N2CCC3CCCCC32)n1. The minimum Gasteiger partial charge on any atom is -0.384 e. The van der Waals surface area contributed by atoms with E-state index >= 15 is 0 Å². The van der Waals surface area contributed by atoms with Crippen molar-refractivity contribution < 1.29 is 4.74 Å². The van der Waals surface area contributed by atoms with Gasteiger partial charge < -0.3 is 9.64 Å². The number of aromatic nitrogens is 2. The predicted molar refractivity (Wildman–Crippen MR) is 73.2 cm³/mol. The highest BCUT2D eigenvalue weighted by atomic mass is 32.1. The molecule has 2 unspecified atom stereocenters. The average molecular weight is 267 g/mol. The zero-order chi connectivity index (χ0) is 12.4. The molecule has 0 bridgehead atoms. The van der Waals surface area contributed by atoms with Crippen LogP contribution in [0.1, 0.15) is 37.9 Å². The zero-order valence-corrected chi connectivity index (χ0v) is 11.8. The molecule has 0 aromatic carbocycles. The van der Waals surface area contributed by atoms with Crippen LogP contribution in [0.4, 0.5) is 5.13 Å². The first-order chi connectivity index (χ1) is 8.88. The molecule has 1 aliphatic heterocycles. The van der Waals surface area contributed by atoms with Gasteiger partial charge in [-0.3, -0.25) is 0 Å². The van der Waals surface area contributed by atoms with E-state index in [2.05, 4.69) is 14.3 Å². The Morgan fingerprint density at radius 1 is 1.33 bits per heavy atom. The highest BCUT2D eigenvalue weighted by molar-refractivity contribution is 7.09. The van der Waals surface area contributed by atoms with E-state index in [0.29, 0.717) is 6.61 Å². The standard InChI is InChI=1S/C13H21N3OS/c1-17-9-7-12-14-13(18-15-12)16-8-6-10-4-2-3-5-11(10)16/h10-11H,2-9H2,1H3. The molecule has 0 spiro atoms. The van der Waals surface area contributed by atoms with E-state index in [1.54, 1.807) is 18.6 Å². The van der Waals surface area contributed by atoms with Gasteiger partial charge in [0.1, 0.15) is 5.82 Å². The summed E-state index contributed by atoms with van der Waals surface area (Å²) in [7, 11) is 1.72. The molecule has 0 amide bonds. The molecule has 1 saturated carbocycles. The predicted octanol–water partition coefficient (Wildman–Crippen LogP) is 2.50. The largest absolute Gasteiger partial charge is 0.384 e. The third-order valence-electron chi connectivity index (χ3n) is 4.24. The number of fused-ring (bicyclic) bond motifs is 1. The smallest absolute Gasteiger partial charge is 0.205 e. The van der Waals surface area contributed by atoms with Crippen LogP contribution in [0.5, 0.6) is 0 Å². The van der Waals surface area contributed by atoms with E-state index in [1.165, 1.54) is 38.6 Å². The van der Waals surface area contributed by atoms with Crippen LogP contribution in [0.3, 0.4) is 0 Å². The Bertz CT molecular complexity index is 395. The van der Waals surface area contributed by atoms with Crippen molar-refractivity contribution in [1.29, 1.82) is 0 Å². The zero-order valence-electron chi connectivity index (χ0n) is 11.0. The van der Waals surface area contributed by atoms with E-state index in [9.17, 15) is 0 Å². The van der Waals surface area contributed by atoms with Crippen LogP contribution in [0.25, 0.3) is 0 Å². The van der Waals surface area contributed by atoms with E-state index in [-0.39, 0.29) is 0 Å². The van der Waals surface area contributed by atoms with Crippen molar-refractivity contribution in [2.75, 3.05) is 25.2 Å². The Balaban J connectivity index is 1.68. The molecule has 3 rings (SSSR count). The van der Waals surface area contributed by atoms with Crippen molar-refractivity contribution in [1.82, 2.24) is 9.36 Å². The third kappa shape index (κ3) is 2.38. The van der Waals surface area contributed by atoms with Crippen LogP contribution in [0.15, 0.2) is 0 Å². The number of hydrogen-bond acceptors (Lipinski definition) is 5. The first-order valence-electron chi connectivity index (χ1n) is 6.96. The number of anilines is 1. The first-order valence-corrected chi connectivity index (χ1v) is 7.74. The first kappa shape index (κ1) is 12.4. The summed E-state index contributed by atoms with van der Waals surface area (Å²) >= 11 is 1.56. The number of methoxy groups -OCH3 is 1. The van der Waals surface area contributed by atoms with Gasteiger partial charge in [-0.05, 0) is 25.2 Å². The summed E-state index contributed by atoms with van der Waals surface area (Å²) in [5, 5.41) is 1.13. The molecule has 18 heavy (non-hydrogen) atoms. The van der Waals surface area contributed by atoms with E-state index < -0.39 is 0 Å². The van der Waals surface area contributed by atoms with Crippen molar-refractivity contribution in [3.8, 4) is 0 Å². The molecular formula is C13H21N3OS. The summed E-state index contributed by atoms with van der Waals surface area (Å²) in [4.78, 5) is 7.19. The van der Waals surface area contributed by atoms with Crippen molar-refractivity contribution in [3.63, 3.8) is 0 Å². The molecule has 2 atom stereocenters. The van der Waals surface area contributed by atoms with Gasteiger partial charge in [-0.1, -0.05) is 12.8 Å². The quantitative estimate of drug-likeness (QED) is 0.840. The van der Waals surface area contributed by atoms with Crippen LogP contribution in [0.2, 0.25) is 0 Å². The van der Waals surface area contributed by atoms with Crippen molar-refractivity contribution in [2.45, 2.75) is 44.6 Å². The van der Waals surface area contributed by atoms with Gasteiger partial charge in [0.15, 0.2) is 0 Å². The van der Waals surface area contributed by atoms with E-state index in [4.69, 9.17) is 4.74 Å². The van der Waals surface area contributed by atoms with Crippen LogP contribution in [-0.2, 0) is 11.2 Å². The minimum absolute atomic E-state index is 0.711. The molecule has 2 fully saturated rings. The molecule has 1 aromatic heterocycles. The van der Waals surface area contributed by atoms with Crippen molar-refractivity contribution >= 4 is 16.7 Å². The van der Waals surface area contributed by atoms with Gasteiger partial charge in [0.2, 0.25) is 5.13 Å². The number of nitrogens with zero attached hydrogens (tertiary/aromatic N) is 3. The maximum absolute atomic E-state index is 5.08. The molecule has 2 heterocycles. The van der Waals surface area contributed by atoms with Gasteiger partial charge in [0.05, 0.1) is 6.61 Å². The third-order valence-corrected chi connectivity index (χ3v) is 5.03. The monoisotopic (exact) mass is 267 g/mol. The Kier molecular flexibility index (Phi) is 3.80. The summed E-state index contributed by atoms with van der Waals surface area (Å²) < 4.78 is 9.52. The van der Waals surface area contributed by atoms with Crippen molar-refractivity contribution in [3.05, 3.63) is 5.82 Å². The fourth-order valence-corrected chi connectivity index (χ4v) is 4.10. The Labute approximate surface area is 113 Å². The fourth-order valence-electron chi connectivity index (χ4n) is 3.30. The lowest BCUT2D eigenvalue weighted by Gasteiger charge is -2.31. The molecule has 2 aliphatic rings. The van der Waals surface area contributed by atoms with Gasteiger partial charge in [0, 0.05) is 37.6 Å². The average Bonchev–Trinajstić information content (AvgIpc) is 3.02. The summed E-state index contributed by atoms with van der Waals surface area (Å²) in [5.41, 5.74) is 0. The Morgan fingerprint density at radius 3 is 3.11 bits per heavy atom. The molecule has 0 N–H and O–H groups in total. The Hall–Kier alpha value is -0.680. The van der Waals surface area contributed by atoms with E-state index in [1.807, 2.05) is 0 Å². The summed E-state index contributed by atoms with van der Waals surface area (Å²) in [6, 6.07) is 0.738. The van der Waals surface area contributed by atoms with E-state index in [0.717, 1.165) is 29.3 Å². The number of hydrogen-bond donors (Lipinski definition) is 0. The summed E-state index contributed by atoms with van der Waals surface area (Å²) in [6.07, 6.45) is 7.73. The highest BCUT2D eigenvalue weighted by Crippen LogP contribution is 2.39. The van der Waals surface area contributed by atoms with Crippen molar-refractivity contribution in [2.24, 2.45) is 5.92 Å². The molecule has 4 nitrogen and oxygen atoms in total. The maximum atomic E-state index is 5.08. The second-order valence-corrected chi connectivity index (χ2v) is 6.06. The summed E-state index contributed by atoms with van der Waals surface area (Å²) in [5.74, 6) is 1.85. The summed E-state index contributed by atoms with van der Waals surface area (Å²) in [6.45, 7) is 1.89. The molecule has 5 heteroatoms. The molecule has 1 saturated heterocycles. The van der Waals surface area contributed by atoms with Gasteiger partial charge in [0.25, 0.3) is 0 Å². The lowest BCUT2D eigenvalue weighted by atomic mass is 9.85. The van der Waals surface area contributed by atoms with Crippen LogP contribution >= 0.6 is 11.5 Å². The lowest BCUT2D eigenvalue weighted by molar-refractivity contribution is 0.201. The molecule has 0 radical (unpaired) electrons. The lowest BCUT2D eigenvalue weighted by Crippen LogP contribution is -2.34. The molecule has 1 aliphatic carbocycles. The maximum Gasteiger partial charge on any atom is 0.205 e. The van der Waals surface area contributed by atoms with Gasteiger partial charge in [-0.2, -0.15) is 4.37 Å². The van der Waals surface area contributed by atoms with Gasteiger partial charge in [-0.15, -0.1) is 0 Å². The minimum atomic E-state index is 0.711. The second-order valence-electron chi connectivity index (χ2n) is 5.33. The molecular weight excluding hydrogens is 246 g/mol. The molecule has 100 valence electrons. The second kappa shape index (κ2) is 5.53. The normalized spacial score (nSPS) is 27.5. The number of ether oxygens (including phenoxy) is 1. The van der Waals surface area contributed by atoms with Crippen LogP contribution in [0, 0.1) is 5.92 Å². The number of rotatable bonds is 4.